The molecule has 0 radical (unpaired) electrons. The van der Waals surface area contributed by atoms with Crippen LogP contribution < -0.4 is 29.6 Å². The predicted octanol–water partition coefficient (Wildman–Crippen LogP) is -2.58. The summed E-state index contributed by atoms with van der Waals surface area (Å²) in [5, 5.41) is 0. The molecule has 1 aliphatic rings. The Labute approximate surface area is 96.0 Å². The van der Waals surface area contributed by atoms with Crippen LogP contribution in [-0.2, 0) is 22.5 Å². The first-order valence-corrected chi connectivity index (χ1v) is 5.54. The van der Waals surface area contributed by atoms with E-state index >= 15 is 0 Å². The molecule has 0 bridgehead atoms. The molecule has 0 saturated carbocycles. The number of hydrogen-bond donors (Lipinski definition) is 2. The maximum atomic E-state index is 10.7. The molecule has 1 rings (SSSR count). The van der Waals surface area contributed by atoms with Gasteiger partial charge in [-0.3, -0.25) is 9.05 Å². The summed E-state index contributed by atoms with van der Waals surface area (Å²) in [5.41, 5.74) is 0. The van der Waals surface area contributed by atoms with Gasteiger partial charge in [0.05, 0.1) is 0 Å². The van der Waals surface area contributed by atoms with Crippen molar-refractivity contribution in [1.82, 2.24) is 0 Å². The molecule has 1 saturated heterocycles. The Morgan fingerprint density at radius 2 is 1.85 bits per heavy atom. The fraction of sp³-hybridized carbons (Fsp3) is 1.00. The van der Waals surface area contributed by atoms with Gasteiger partial charge in [-0.15, -0.1) is 0 Å². The maximum Gasteiger partial charge on any atom is 1.00 e. The second kappa shape index (κ2) is 5.34. The third-order valence-electron chi connectivity index (χ3n) is 0.761. The van der Waals surface area contributed by atoms with Crippen LogP contribution in [0.2, 0.25) is 0 Å². The summed E-state index contributed by atoms with van der Waals surface area (Å²) in [4.78, 5) is 16.3. The molecule has 8 nitrogen and oxygen atoms in total. The standard InChI is InChI=1S/C2H6O7P2.Na.H2O/c1-2-7-11(6,8-2)9-10(3,4)5;;/h2H,1H3,(H2,3,4,5);;1H2/q;+1;/p-1. The zero-order valence-electron chi connectivity index (χ0n) is 6.85. The van der Waals surface area contributed by atoms with E-state index < -0.39 is 21.9 Å². The second-order valence-electron chi connectivity index (χ2n) is 1.80. The Kier molecular flexibility index (Phi) is 6.84. The normalized spacial score (nSPS) is 32.4. The first kappa shape index (κ1) is 16.6. The first-order valence-electron chi connectivity index (χ1n) is 2.54. The minimum Gasteiger partial charge on any atom is -0.870 e. The molecule has 1 heterocycles. The summed E-state index contributed by atoms with van der Waals surface area (Å²) in [6.45, 7) is 1.42. The first-order chi connectivity index (χ1) is 4.81. The molecule has 1 fully saturated rings. The van der Waals surface area contributed by atoms with Crippen molar-refractivity contribution in [3.8, 4) is 0 Å². The Bertz CT molecular complexity index is 237. The monoisotopic (exact) mass is 244 g/mol. The Hall–Kier alpha value is 1.22. The zero-order valence-corrected chi connectivity index (χ0v) is 10.6. The quantitative estimate of drug-likeness (QED) is 0.399. The molecule has 0 spiro atoms. The summed E-state index contributed by atoms with van der Waals surface area (Å²) in [6, 6.07) is 0. The summed E-state index contributed by atoms with van der Waals surface area (Å²) in [5.74, 6) is 0. The predicted molar refractivity (Wildman–Crippen MR) is 34.3 cm³/mol. The molecular weight excluding hydrogens is 237 g/mol. The molecule has 0 aromatic rings. The van der Waals surface area contributed by atoms with Gasteiger partial charge in [-0.1, -0.05) is 0 Å². The van der Waals surface area contributed by atoms with E-state index in [1.165, 1.54) is 6.92 Å². The van der Waals surface area contributed by atoms with Crippen LogP contribution in [-0.4, -0.2) is 21.6 Å². The van der Waals surface area contributed by atoms with Crippen molar-refractivity contribution in [3.63, 3.8) is 0 Å². The fourth-order valence-electron chi connectivity index (χ4n) is 0.540. The van der Waals surface area contributed by atoms with Crippen molar-refractivity contribution in [2.75, 3.05) is 0 Å². The average Bonchev–Trinajstić information content (AvgIpc) is 1.53. The van der Waals surface area contributed by atoms with Gasteiger partial charge < -0.3 is 15.3 Å². The summed E-state index contributed by atoms with van der Waals surface area (Å²) >= 11 is 0. The van der Waals surface area contributed by atoms with Crippen LogP contribution >= 0.6 is 15.6 Å². The molecular formula is C2H7NaO8P2. The fourth-order valence-corrected chi connectivity index (χ4v) is 2.63. The van der Waals surface area contributed by atoms with Crippen molar-refractivity contribution >= 4 is 15.6 Å². The van der Waals surface area contributed by atoms with Crippen LogP contribution in [0.4, 0.5) is 0 Å². The molecule has 11 heteroatoms. The molecule has 0 amide bonds. The van der Waals surface area contributed by atoms with Gasteiger partial charge in [-0.25, -0.2) is 9.13 Å². The van der Waals surface area contributed by atoms with Crippen LogP contribution in [0.15, 0.2) is 0 Å². The molecule has 0 unspecified atom stereocenters. The van der Waals surface area contributed by atoms with Crippen molar-refractivity contribution in [2.45, 2.75) is 13.2 Å². The molecule has 0 aliphatic carbocycles. The number of hydrogen-bond acceptors (Lipinski definition) is 6. The number of phosphoric ester groups is 1. The zero-order chi connectivity index (χ0) is 8.70. The third kappa shape index (κ3) is 5.61. The van der Waals surface area contributed by atoms with Crippen LogP contribution in [0, 0.1) is 0 Å². The maximum absolute atomic E-state index is 10.7. The molecule has 1 aliphatic heterocycles. The van der Waals surface area contributed by atoms with Gasteiger partial charge in [0, 0.05) is 0 Å². The van der Waals surface area contributed by atoms with Crippen LogP contribution in [0.1, 0.15) is 6.92 Å². The Balaban J connectivity index is 0. The minimum atomic E-state index is -4.79. The van der Waals surface area contributed by atoms with E-state index in [1.807, 2.05) is 0 Å². The van der Waals surface area contributed by atoms with Gasteiger partial charge in [0.15, 0.2) is 6.29 Å². The topological polar surface area (TPSA) is 132 Å². The second-order valence-corrected chi connectivity index (χ2v) is 4.75. The minimum absolute atomic E-state index is 0. The van der Waals surface area contributed by atoms with E-state index in [0.717, 1.165) is 0 Å². The molecule has 0 atom stereocenters. The SMILES string of the molecule is CC1OP(=O)(OP(=O)(O)O)O1.[Na+].[OH-]. The van der Waals surface area contributed by atoms with Gasteiger partial charge in [0.25, 0.3) is 0 Å². The molecule has 3 N–H and O–H groups in total. The number of rotatable bonds is 2. The molecule has 0 aromatic carbocycles. The number of phosphoric acid groups is 2. The smallest absolute Gasteiger partial charge is 0.870 e. The van der Waals surface area contributed by atoms with Gasteiger partial charge in [-0.05, 0) is 6.92 Å². The van der Waals surface area contributed by atoms with E-state index in [0.29, 0.717) is 0 Å². The van der Waals surface area contributed by atoms with E-state index in [4.69, 9.17) is 9.79 Å². The van der Waals surface area contributed by atoms with Gasteiger partial charge >= 0.3 is 45.2 Å². The van der Waals surface area contributed by atoms with Crippen molar-refractivity contribution < 1.29 is 67.3 Å². The van der Waals surface area contributed by atoms with E-state index in [9.17, 15) is 9.13 Å². The van der Waals surface area contributed by atoms with E-state index in [1.54, 1.807) is 0 Å². The Morgan fingerprint density at radius 1 is 1.46 bits per heavy atom. The van der Waals surface area contributed by atoms with Crippen molar-refractivity contribution in [3.05, 3.63) is 0 Å². The summed E-state index contributed by atoms with van der Waals surface area (Å²) in [7, 11) is -8.73. The molecule has 74 valence electrons. The van der Waals surface area contributed by atoms with Gasteiger partial charge in [0.2, 0.25) is 0 Å². The third-order valence-corrected chi connectivity index (χ3v) is 3.52. The molecule has 13 heavy (non-hydrogen) atoms. The van der Waals surface area contributed by atoms with E-state index in [-0.39, 0.29) is 35.0 Å². The van der Waals surface area contributed by atoms with E-state index in [2.05, 4.69) is 13.4 Å². The summed E-state index contributed by atoms with van der Waals surface area (Å²) in [6.07, 6.45) is -0.743. The summed E-state index contributed by atoms with van der Waals surface area (Å²) < 4.78 is 33.2. The largest absolute Gasteiger partial charge is 1.00 e. The van der Waals surface area contributed by atoms with Crippen LogP contribution in [0.25, 0.3) is 0 Å². The average molecular weight is 244 g/mol. The molecule has 0 aromatic heterocycles. The van der Waals surface area contributed by atoms with Crippen molar-refractivity contribution in [2.24, 2.45) is 0 Å². The Morgan fingerprint density at radius 3 is 2.08 bits per heavy atom. The van der Waals surface area contributed by atoms with Gasteiger partial charge in [-0.2, -0.15) is 4.31 Å². The van der Waals surface area contributed by atoms with Crippen molar-refractivity contribution in [1.29, 1.82) is 0 Å². The van der Waals surface area contributed by atoms with Gasteiger partial charge in [0.1, 0.15) is 0 Å². The van der Waals surface area contributed by atoms with Crippen LogP contribution in [0.5, 0.6) is 0 Å². The van der Waals surface area contributed by atoms with Crippen LogP contribution in [0.3, 0.4) is 0 Å².